The average molecular weight is 231 g/mol. The monoisotopic (exact) mass is 230 g/mol. The molecule has 1 nitrogen and oxygen atoms in total. The van der Waals surface area contributed by atoms with Crippen molar-refractivity contribution in [2.45, 2.75) is 25.1 Å². The van der Waals surface area contributed by atoms with Crippen LogP contribution in [0.1, 0.15) is 28.4 Å². The van der Waals surface area contributed by atoms with E-state index in [4.69, 9.17) is 23.2 Å². The smallest absolute Gasteiger partial charge is 0.180 e. The van der Waals surface area contributed by atoms with E-state index in [-0.39, 0.29) is 5.78 Å². The highest BCUT2D eigenvalue weighted by Crippen LogP contribution is 2.16. The third kappa shape index (κ3) is 2.49. The minimum Gasteiger partial charge on any atom is -0.293 e. The molecule has 76 valence electrons. The number of rotatable bonds is 3. The molecule has 0 aliphatic heterocycles. The zero-order valence-corrected chi connectivity index (χ0v) is 9.69. The zero-order chi connectivity index (χ0) is 10.7. The fraction of sp³-hybridized carbons (Fsp3) is 0.364. The molecule has 1 unspecified atom stereocenters. The Morgan fingerprint density at radius 1 is 1.50 bits per heavy atom. The largest absolute Gasteiger partial charge is 0.293 e. The van der Waals surface area contributed by atoms with Crippen molar-refractivity contribution in [2.24, 2.45) is 0 Å². The summed E-state index contributed by atoms with van der Waals surface area (Å²) >= 11 is 11.5. The number of hydrogen-bond donors (Lipinski definition) is 0. The summed E-state index contributed by atoms with van der Waals surface area (Å²) in [4.78, 5) is 11.5. The first-order valence-corrected chi connectivity index (χ1v) is 5.37. The van der Waals surface area contributed by atoms with E-state index in [0.717, 1.165) is 11.1 Å². The molecule has 0 aliphatic carbocycles. The third-order valence-corrected chi connectivity index (χ3v) is 2.63. The van der Waals surface area contributed by atoms with Gasteiger partial charge in [-0.2, -0.15) is 0 Å². The van der Waals surface area contributed by atoms with E-state index in [0.29, 0.717) is 11.4 Å². The second-order valence-corrected chi connectivity index (χ2v) is 4.18. The minimum absolute atomic E-state index is 0.0574. The van der Waals surface area contributed by atoms with Gasteiger partial charge in [-0.15, -0.1) is 23.2 Å². The van der Waals surface area contributed by atoms with Gasteiger partial charge in [0.05, 0.1) is 5.38 Å². The van der Waals surface area contributed by atoms with Crippen LogP contribution in [0.15, 0.2) is 18.2 Å². The lowest BCUT2D eigenvalue weighted by atomic mass is 10.0. The molecule has 0 N–H and O–H groups in total. The van der Waals surface area contributed by atoms with Crippen LogP contribution in [0.5, 0.6) is 0 Å². The molecule has 1 aromatic rings. The number of hydrogen-bond acceptors (Lipinski definition) is 1. The Bertz CT molecular complexity index is 345. The maximum Gasteiger partial charge on any atom is 0.180 e. The van der Waals surface area contributed by atoms with E-state index >= 15 is 0 Å². The van der Waals surface area contributed by atoms with E-state index in [1.165, 1.54) is 0 Å². The van der Waals surface area contributed by atoms with Gasteiger partial charge >= 0.3 is 0 Å². The molecular weight excluding hydrogens is 219 g/mol. The van der Waals surface area contributed by atoms with Crippen molar-refractivity contribution in [3.05, 3.63) is 34.9 Å². The van der Waals surface area contributed by atoms with E-state index in [9.17, 15) is 4.79 Å². The lowest BCUT2D eigenvalue weighted by Gasteiger charge is -2.06. The van der Waals surface area contributed by atoms with Crippen molar-refractivity contribution in [1.29, 1.82) is 0 Å². The van der Waals surface area contributed by atoms with Crippen LogP contribution >= 0.6 is 23.2 Å². The van der Waals surface area contributed by atoms with E-state index in [2.05, 4.69) is 0 Å². The molecule has 14 heavy (non-hydrogen) atoms. The quantitative estimate of drug-likeness (QED) is 0.574. The Labute approximate surface area is 94.0 Å². The Balaban J connectivity index is 3.06. The zero-order valence-electron chi connectivity index (χ0n) is 8.18. The number of carbonyl (C=O) groups is 1. The van der Waals surface area contributed by atoms with Gasteiger partial charge in [-0.05, 0) is 31.0 Å². The van der Waals surface area contributed by atoms with Gasteiger partial charge in [-0.1, -0.05) is 12.1 Å². The van der Waals surface area contributed by atoms with Gasteiger partial charge in [0, 0.05) is 11.4 Å². The second-order valence-electron chi connectivity index (χ2n) is 3.26. The SMILES string of the molecule is Cc1ccc(C(=O)C(C)Cl)cc1CCl. The number of alkyl halides is 2. The van der Waals surface area contributed by atoms with Crippen LogP contribution < -0.4 is 0 Å². The predicted molar refractivity (Wildman–Crippen MR) is 60.4 cm³/mol. The summed E-state index contributed by atoms with van der Waals surface area (Å²) in [6, 6.07) is 5.49. The first-order chi connectivity index (χ1) is 6.56. The molecule has 0 saturated carbocycles. The maximum absolute atomic E-state index is 11.5. The van der Waals surface area contributed by atoms with Gasteiger partial charge in [0.25, 0.3) is 0 Å². The fourth-order valence-corrected chi connectivity index (χ4v) is 1.61. The molecule has 0 spiro atoms. The van der Waals surface area contributed by atoms with E-state index in [1.807, 2.05) is 19.1 Å². The van der Waals surface area contributed by atoms with Crippen LogP contribution in [0, 0.1) is 6.92 Å². The highest BCUT2D eigenvalue weighted by atomic mass is 35.5. The van der Waals surface area contributed by atoms with Crippen molar-refractivity contribution >= 4 is 29.0 Å². The number of benzene rings is 1. The highest BCUT2D eigenvalue weighted by Gasteiger charge is 2.12. The third-order valence-electron chi connectivity index (χ3n) is 2.14. The van der Waals surface area contributed by atoms with Gasteiger partial charge in [0.1, 0.15) is 0 Å². The lowest BCUT2D eigenvalue weighted by Crippen LogP contribution is -2.10. The summed E-state index contributed by atoms with van der Waals surface area (Å²) in [5.41, 5.74) is 2.71. The van der Waals surface area contributed by atoms with Crippen LogP contribution in [-0.2, 0) is 5.88 Å². The molecule has 3 heteroatoms. The molecular formula is C11H12Cl2O. The van der Waals surface area contributed by atoms with Crippen molar-refractivity contribution in [3.8, 4) is 0 Å². The van der Waals surface area contributed by atoms with E-state index < -0.39 is 5.38 Å². The first-order valence-electron chi connectivity index (χ1n) is 4.40. The molecule has 0 amide bonds. The molecule has 0 aromatic heterocycles. The van der Waals surface area contributed by atoms with Crippen LogP contribution in [0.3, 0.4) is 0 Å². The van der Waals surface area contributed by atoms with Gasteiger partial charge in [0.15, 0.2) is 5.78 Å². The number of Topliss-reactive ketones (excluding diaryl/α,β-unsaturated/α-hetero) is 1. The number of ketones is 1. The van der Waals surface area contributed by atoms with Crippen molar-refractivity contribution < 1.29 is 4.79 Å². The molecule has 1 atom stereocenters. The normalized spacial score (nSPS) is 12.6. The topological polar surface area (TPSA) is 17.1 Å². The molecule has 0 bridgehead atoms. The summed E-state index contributed by atoms with van der Waals surface area (Å²) in [5, 5.41) is -0.485. The number of carbonyl (C=O) groups excluding carboxylic acids is 1. The molecule has 0 saturated heterocycles. The van der Waals surface area contributed by atoms with Crippen LogP contribution in [0.25, 0.3) is 0 Å². The first kappa shape index (κ1) is 11.5. The number of halogens is 2. The van der Waals surface area contributed by atoms with Crippen molar-refractivity contribution in [1.82, 2.24) is 0 Å². The Morgan fingerprint density at radius 3 is 2.64 bits per heavy atom. The summed E-state index contributed by atoms with van der Waals surface area (Å²) in [6.45, 7) is 3.64. The van der Waals surface area contributed by atoms with Gasteiger partial charge < -0.3 is 0 Å². The highest BCUT2D eigenvalue weighted by molar-refractivity contribution is 6.33. The summed E-state index contributed by atoms with van der Waals surface area (Å²) in [7, 11) is 0. The van der Waals surface area contributed by atoms with Crippen molar-refractivity contribution in [2.75, 3.05) is 0 Å². The van der Waals surface area contributed by atoms with E-state index in [1.54, 1.807) is 13.0 Å². The average Bonchev–Trinajstić information content (AvgIpc) is 2.17. The maximum atomic E-state index is 11.5. The van der Waals surface area contributed by atoms with Crippen LogP contribution in [0.2, 0.25) is 0 Å². The standard InChI is InChI=1S/C11H12Cl2O/c1-7-3-4-9(5-10(7)6-12)11(14)8(2)13/h3-5,8H,6H2,1-2H3. The predicted octanol–water partition coefficient (Wildman–Crippen LogP) is 3.54. The van der Waals surface area contributed by atoms with Crippen molar-refractivity contribution in [3.63, 3.8) is 0 Å². The van der Waals surface area contributed by atoms with Gasteiger partial charge in [-0.25, -0.2) is 0 Å². The second kappa shape index (κ2) is 4.81. The summed E-state index contributed by atoms with van der Waals surface area (Å²) in [6.07, 6.45) is 0. The Hall–Kier alpha value is -0.530. The summed E-state index contributed by atoms with van der Waals surface area (Å²) in [5.74, 6) is 0.363. The fourth-order valence-electron chi connectivity index (χ4n) is 1.20. The molecule has 1 rings (SSSR count). The van der Waals surface area contributed by atoms with Gasteiger partial charge in [0.2, 0.25) is 0 Å². The molecule has 0 radical (unpaired) electrons. The summed E-state index contributed by atoms with van der Waals surface area (Å²) < 4.78 is 0. The molecule has 0 heterocycles. The van der Waals surface area contributed by atoms with Crippen LogP contribution in [-0.4, -0.2) is 11.2 Å². The Morgan fingerprint density at radius 2 is 2.14 bits per heavy atom. The number of aryl methyl sites for hydroxylation is 1. The lowest BCUT2D eigenvalue weighted by molar-refractivity contribution is 0.0991. The Kier molecular flexibility index (Phi) is 3.97. The van der Waals surface area contributed by atoms with Crippen LogP contribution in [0.4, 0.5) is 0 Å². The molecule has 0 fully saturated rings. The minimum atomic E-state index is -0.485. The molecule has 1 aromatic carbocycles. The molecule has 0 aliphatic rings. The van der Waals surface area contributed by atoms with Gasteiger partial charge in [-0.3, -0.25) is 4.79 Å².